The van der Waals surface area contributed by atoms with E-state index in [4.69, 9.17) is 16.3 Å². The van der Waals surface area contributed by atoms with Gasteiger partial charge < -0.3 is 9.84 Å². The Kier molecular flexibility index (Phi) is 5.15. The Morgan fingerprint density at radius 2 is 2.30 bits per heavy atom. The number of nitrogens with zero attached hydrogens (tertiary/aromatic N) is 2. The van der Waals surface area contributed by atoms with Crippen molar-refractivity contribution in [1.82, 2.24) is 9.78 Å². The van der Waals surface area contributed by atoms with Gasteiger partial charge in [-0.25, -0.2) is 4.39 Å². The number of aromatic nitrogens is 2. The van der Waals surface area contributed by atoms with Crippen molar-refractivity contribution in [2.75, 3.05) is 13.7 Å². The van der Waals surface area contributed by atoms with Crippen LogP contribution in [0.2, 0.25) is 5.02 Å². The molecule has 1 heterocycles. The number of hydrogen-bond donors (Lipinski definition) is 1. The quantitative estimate of drug-likeness (QED) is 0.887. The molecule has 108 valence electrons. The molecule has 1 atom stereocenters. The summed E-state index contributed by atoms with van der Waals surface area (Å²) in [5, 5.41) is 14.6. The SMILES string of the molecule is COCCn1ncc(Br)c1C(O)c1ccc(Cl)c(F)c1. The lowest BCUT2D eigenvalue weighted by molar-refractivity contribution is 0.171. The lowest BCUT2D eigenvalue weighted by atomic mass is 10.1. The van der Waals surface area contributed by atoms with Crippen molar-refractivity contribution in [2.45, 2.75) is 12.6 Å². The number of aliphatic hydroxyl groups is 1. The number of rotatable bonds is 5. The molecular formula is C13H13BrClFN2O2. The smallest absolute Gasteiger partial charge is 0.142 e. The molecule has 0 aliphatic carbocycles. The van der Waals surface area contributed by atoms with Crippen molar-refractivity contribution in [3.63, 3.8) is 0 Å². The fraction of sp³-hybridized carbons (Fsp3) is 0.308. The second-order valence-corrected chi connectivity index (χ2v) is 5.43. The lowest BCUT2D eigenvalue weighted by Crippen LogP contribution is -2.13. The average molecular weight is 364 g/mol. The second-order valence-electron chi connectivity index (χ2n) is 4.17. The first kappa shape index (κ1) is 15.4. The Bertz CT molecular complexity index is 606. The zero-order valence-corrected chi connectivity index (χ0v) is 13.0. The van der Waals surface area contributed by atoms with Gasteiger partial charge in [-0.1, -0.05) is 17.7 Å². The van der Waals surface area contributed by atoms with Gasteiger partial charge in [-0.2, -0.15) is 5.10 Å². The summed E-state index contributed by atoms with van der Waals surface area (Å²) in [7, 11) is 1.59. The van der Waals surface area contributed by atoms with Crippen LogP contribution in [0.3, 0.4) is 0 Å². The van der Waals surface area contributed by atoms with Crippen molar-refractivity contribution in [1.29, 1.82) is 0 Å². The Hall–Kier alpha value is -0.950. The van der Waals surface area contributed by atoms with E-state index in [9.17, 15) is 9.50 Å². The summed E-state index contributed by atoms with van der Waals surface area (Å²) in [5.41, 5.74) is 0.954. The molecule has 1 N–H and O–H groups in total. The molecule has 0 bridgehead atoms. The van der Waals surface area contributed by atoms with E-state index >= 15 is 0 Å². The van der Waals surface area contributed by atoms with E-state index in [1.165, 1.54) is 12.1 Å². The number of benzene rings is 1. The molecule has 1 aromatic carbocycles. The molecule has 1 unspecified atom stereocenters. The van der Waals surface area contributed by atoms with Gasteiger partial charge in [0.05, 0.1) is 34.5 Å². The highest BCUT2D eigenvalue weighted by Crippen LogP contribution is 2.30. The van der Waals surface area contributed by atoms with Crippen molar-refractivity contribution in [2.24, 2.45) is 0 Å². The Morgan fingerprint density at radius 3 is 2.95 bits per heavy atom. The van der Waals surface area contributed by atoms with Gasteiger partial charge in [0, 0.05) is 7.11 Å². The van der Waals surface area contributed by atoms with Gasteiger partial charge in [0.25, 0.3) is 0 Å². The van der Waals surface area contributed by atoms with Gasteiger partial charge in [-0.15, -0.1) is 0 Å². The number of hydrogen-bond acceptors (Lipinski definition) is 3. The predicted molar refractivity (Wildman–Crippen MR) is 77.3 cm³/mol. The third-order valence-electron chi connectivity index (χ3n) is 2.86. The van der Waals surface area contributed by atoms with E-state index < -0.39 is 11.9 Å². The van der Waals surface area contributed by atoms with Gasteiger partial charge in [0.1, 0.15) is 11.9 Å². The largest absolute Gasteiger partial charge is 0.383 e. The molecule has 0 aliphatic heterocycles. The standard InChI is InChI=1S/C13H13BrClFN2O2/c1-20-5-4-18-12(9(14)7-17-18)13(19)8-2-3-10(15)11(16)6-8/h2-3,6-7,13,19H,4-5H2,1H3. The van der Waals surface area contributed by atoms with Gasteiger partial charge in [0.2, 0.25) is 0 Å². The molecule has 1 aromatic heterocycles. The molecule has 2 rings (SSSR count). The molecule has 0 spiro atoms. The fourth-order valence-electron chi connectivity index (χ4n) is 1.84. The number of methoxy groups -OCH3 is 1. The third kappa shape index (κ3) is 3.20. The summed E-state index contributed by atoms with van der Waals surface area (Å²) in [4.78, 5) is 0. The van der Waals surface area contributed by atoms with Gasteiger partial charge in [-0.3, -0.25) is 4.68 Å². The topological polar surface area (TPSA) is 47.3 Å². The second kappa shape index (κ2) is 6.67. The first-order valence-corrected chi connectivity index (χ1v) is 7.05. The minimum absolute atomic E-state index is 0.0212. The predicted octanol–water partition coefficient (Wildman–Crippen LogP) is 3.17. The highest BCUT2D eigenvalue weighted by Gasteiger charge is 2.20. The summed E-state index contributed by atoms with van der Waals surface area (Å²) in [6.45, 7) is 0.952. The monoisotopic (exact) mass is 362 g/mol. The summed E-state index contributed by atoms with van der Waals surface area (Å²) in [5.74, 6) is -0.567. The molecule has 7 heteroatoms. The molecule has 0 radical (unpaired) electrons. The Balaban J connectivity index is 2.34. The van der Waals surface area contributed by atoms with Crippen molar-refractivity contribution >= 4 is 27.5 Å². The van der Waals surface area contributed by atoms with Crippen LogP contribution >= 0.6 is 27.5 Å². The highest BCUT2D eigenvalue weighted by molar-refractivity contribution is 9.10. The zero-order chi connectivity index (χ0) is 14.7. The van der Waals surface area contributed by atoms with Crippen LogP contribution in [0.4, 0.5) is 4.39 Å². The van der Waals surface area contributed by atoms with Crippen LogP contribution in [0.15, 0.2) is 28.9 Å². The van der Waals surface area contributed by atoms with Crippen molar-refractivity contribution < 1.29 is 14.2 Å². The molecule has 0 amide bonds. The van der Waals surface area contributed by atoms with Crippen LogP contribution in [0.25, 0.3) is 0 Å². The molecule has 0 aliphatic rings. The minimum Gasteiger partial charge on any atom is -0.383 e. The van der Waals surface area contributed by atoms with E-state index in [0.717, 1.165) is 0 Å². The molecule has 2 aromatic rings. The van der Waals surface area contributed by atoms with E-state index in [-0.39, 0.29) is 5.02 Å². The minimum atomic E-state index is -1.00. The summed E-state index contributed by atoms with van der Waals surface area (Å²) in [6.07, 6.45) is 0.580. The Morgan fingerprint density at radius 1 is 1.55 bits per heavy atom. The number of halogens is 3. The van der Waals surface area contributed by atoms with Crippen LogP contribution in [0.1, 0.15) is 17.4 Å². The molecular weight excluding hydrogens is 351 g/mol. The molecule has 0 saturated carbocycles. The van der Waals surface area contributed by atoms with Crippen LogP contribution in [0.5, 0.6) is 0 Å². The van der Waals surface area contributed by atoms with Crippen LogP contribution in [0, 0.1) is 5.82 Å². The zero-order valence-electron chi connectivity index (χ0n) is 10.7. The first-order chi connectivity index (χ1) is 9.54. The average Bonchev–Trinajstić information content (AvgIpc) is 2.80. The fourth-order valence-corrected chi connectivity index (χ4v) is 2.47. The summed E-state index contributed by atoms with van der Waals surface area (Å²) in [6, 6.07) is 4.21. The summed E-state index contributed by atoms with van der Waals surface area (Å²) >= 11 is 8.98. The first-order valence-electron chi connectivity index (χ1n) is 5.87. The summed E-state index contributed by atoms with van der Waals surface area (Å²) < 4.78 is 20.7. The van der Waals surface area contributed by atoms with Gasteiger partial charge in [0.15, 0.2) is 0 Å². The third-order valence-corrected chi connectivity index (χ3v) is 3.78. The van der Waals surface area contributed by atoms with E-state index in [2.05, 4.69) is 21.0 Å². The molecule has 0 saturated heterocycles. The van der Waals surface area contributed by atoms with Crippen molar-refractivity contribution in [3.8, 4) is 0 Å². The van der Waals surface area contributed by atoms with Gasteiger partial charge >= 0.3 is 0 Å². The number of aliphatic hydroxyl groups excluding tert-OH is 1. The van der Waals surface area contributed by atoms with E-state index in [1.807, 2.05) is 0 Å². The van der Waals surface area contributed by atoms with Crippen molar-refractivity contribution in [3.05, 3.63) is 51.0 Å². The normalized spacial score (nSPS) is 12.7. The molecule has 20 heavy (non-hydrogen) atoms. The highest BCUT2D eigenvalue weighted by atomic mass is 79.9. The van der Waals surface area contributed by atoms with Gasteiger partial charge in [-0.05, 0) is 33.6 Å². The number of ether oxygens (including phenoxy) is 1. The maximum atomic E-state index is 13.5. The van der Waals surface area contributed by atoms with Crippen LogP contribution in [-0.2, 0) is 11.3 Å². The van der Waals surface area contributed by atoms with Crippen LogP contribution < -0.4 is 0 Å². The molecule has 0 fully saturated rings. The maximum Gasteiger partial charge on any atom is 0.142 e. The van der Waals surface area contributed by atoms with Crippen LogP contribution in [-0.4, -0.2) is 28.6 Å². The Labute approximate surface area is 129 Å². The van der Waals surface area contributed by atoms with E-state index in [0.29, 0.717) is 28.9 Å². The van der Waals surface area contributed by atoms with E-state index in [1.54, 1.807) is 24.1 Å². The maximum absolute atomic E-state index is 13.5. The molecule has 4 nitrogen and oxygen atoms in total. The lowest BCUT2D eigenvalue weighted by Gasteiger charge is -2.15.